The fraction of sp³-hybridized carbons (Fsp3) is 0.375. The lowest BCUT2D eigenvalue weighted by Crippen LogP contribution is -2.37. The van der Waals surface area contributed by atoms with E-state index in [9.17, 15) is 9.59 Å². The van der Waals surface area contributed by atoms with Gasteiger partial charge in [0.05, 0.1) is 18.3 Å². The second-order valence-electron chi connectivity index (χ2n) is 5.67. The van der Waals surface area contributed by atoms with Crippen LogP contribution in [0, 0.1) is 0 Å². The van der Waals surface area contributed by atoms with Crippen LogP contribution in [-0.2, 0) is 17.9 Å². The van der Waals surface area contributed by atoms with Gasteiger partial charge in [-0.25, -0.2) is 4.79 Å². The lowest BCUT2D eigenvalue weighted by molar-refractivity contribution is -0.118. The maximum absolute atomic E-state index is 12.1. The predicted molar refractivity (Wildman–Crippen MR) is 90.0 cm³/mol. The molecule has 1 aromatic carbocycles. The summed E-state index contributed by atoms with van der Waals surface area (Å²) < 4.78 is 7.18. The van der Waals surface area contributed by atoms with Gasteiger partial charge in [0.1, 0.15) is 12.1 Å². The molecular weight excluding hydrogens is 324 g/mol. The summed E-state index contributed by atoms with van der Waals surface area (Å²) in [5, 5.41) is 16.2. The molecule has 3 N–H and O–H groups in total. The highest BCUT2D eigenvalue weighted by Gasteiger charge is 2.18. The van der Waals surface area contributed by atoms with Crippen LogP contribution in [0.25, 0.3) is 0 Å². The molecule has 1 aliphatic heterocycles. The molecule has 0 unspecified atom stereocenters. The number of amides is 3. The van der Waals surface area contributed by atoms with Gasteiger partial charge in [-0.2, -0.15) is 0 Å². The third-order valence-electron chi connectivity index (χ3n) is 3.93. The monoisotopic (exact) mass is 344 g/mol. The van der Waals surface area contributed by atoms with Crippen LogP contribution in [0.15, 0.2) is 24.5 Å². The number of rotatable bonds is 5. The van der Waals surface area contributed by atoms with Crippen LogP contribution in [0.3, 0.4) is 0 Å². The highest BCUT2D eigenvalue weighted by molar-refractivity contribution is 5.95. The molecule has 0 saturated heterocycles. The van der Waals surface area contributed by atoms with E-state index in [4.69, 9.17) is 4.74 Å². The number of nitrogens with one attached hydrogen (secondary N) is 3. The van der Waals surface area contributed by atoms with Gasteiger partial charge < -0.3 is 25.3 Å². The first-order valence-corrected chi connectivity index (χ1v) is 8.04. The average molecular weight is 344 g/mol. The van der Waals surface area contributed by atoms with E-state index in [1.165, 1.54) is 0 Å². The molecule has 0 radical (unpaired) electrons. The quantitative estimate of drug-likeness (QED) is 0.755. The van der Waals surface area contributed by atoms with Gasteiger partial charge in [0.25, 0.3) is 5.91 Å². The SMILES string of the molecule is CCn1cnnc1CNC(=O)N[C@H](C)c1ccc2c(c1)NC(=O)CO2. The summed E-state index contributed by atoms with van der Waals surface area (Å²) >= 11 is 0. The predicted octanol–water partition coefficient (Wildman–Crippen LogP) is 1.19. The van der Waals surface area contributed by atoms with E-state index >= 15 is 0 Å². The average Bonchev–Trinajstić information content (AvgIpc) is 3.06. The first-order chi connectivity index (χ1) is 12.1. The lowest BCUT2D eigenvalue weighted by atomic mass is 10.1. The number of anilines is 1. The summed E-state index contributed by atoms with van der Waals surface area (Å²) in [7, 11) is 0. The fourth-order valence-electron chi connectivity index (χ4n) is 2.54. The molecule has 25 heavy (non-hydrogen) atoms. The molecule has 2 aromatic rings. The Morgan fingerprint density at radius 3 is 3.12 bits per heavy atom. The van der Waals surface area contributed by atoms with E-state index in [0.717, 1.165) is 12.1 Å². The Morgan fingerprint density at radius 2 is 2.32 bits per heavy atom. The Bertz CT molecular complexity index is 788. The van der Waals surface area contributed by atoms with Crippen molar-refractivity contribution < 1.29 is 14.3 Å². The Morgan fingerprint density at radius 1 is 1.48 bits per heavy atom. The molecule has 0 bridgehead atoms. The van der Waals surface area contributed by atoms with E-state index < -0.39 is 0 Å². The van der Waals surface area contributed by atoms with Gasteiger partial charge in [-0.3, -0.25) is 4.79 Å². The number of carbonyl (C=O) groups is 2. The molecule has 0 fully saturated rings. The van der Waals surface area contributed by atoms with Crippen LogP contribution >= 0.6 is 0 Å². The summed E-state index contributed by atoms with van der Waals surface area (Å²) in [6.45, 7) is 4.89. The van der Waals surface area contributed by atoms with Crippen molar-refractivity contribution >= 4 is 17.6 Å². The topological polar surface area (TPSA) is 110 Å². The minimum Gasteiger partial charge on any atom is -0.482 e. The van der Waals surface area contributed by atoms with E-state index in [0.29, 0.717) is 23.8 Å². The van der Waals surface area contributed by atoms with Crippen molar-refractivity contribution in [2.45, 2.75) is 33.0 Å². The summed E-state index contributed by atoms with van der Waals surface area (Å²) in [5.41, 5.74) is 1.47. The van der Waals surface area contributed by atoms with Crippen molar-refractivity contribution in [3.63, 3.8) is 0 Å². The smallest absolute Gasteiger partial charge is 0.315 e. The van der Waals surface area contributed by atoms with Crippen LogP contribution in [-0.4, -0.2) is 33.3 Å². The number of aromatic nitrogens is 3. The molecule has 0 aliphatic carbocycles. The van der Waals surface area contributed by atoms with Crippen LogP contribution in [0.2, 0.25) is 0 Å². The van der Waals surface area contributed by atoms with Gasteiger partial charge in [-0.15, -0.1) is 10.2 Å². The summed E-state index contributed by atoms with van der Waals surface area (Å²) in [6, 6.07) is 4.88. The lowest BCUT2D eigenvalue weighted by Gasteiger charge is -2.21. The maximum Gasteiger partial charge on any atom is 0.315 e. The van der Waals surface area contributed by atoms with Crippen molar-refractivity contribution in [3.05, 3.63) is 35.9 Å². The number of aryl methyl sites for hydroxylation is 1. The van der Waals surface area contributed by atoms with Crippen LogP contribution in [0.1, 0.15) is 31.3 Å². The second-order valence-corrected chi connectivity index (χ2v) is 5.67. The highest BCUT2D eigenvalue weighted by Crippen LogP contribution is 2.30. The Kier molecular flexibility index (Phi) is 4.82. The van der Waals surface area contributed by atoms with E-state index in [1.807, 2.05) is 24.5 Å². The van der Waals surface area contributed by atoms with Gasteiger partial charge in [-0.1, -0.05) is 6.07 Å². The second kappa shape index (κ2) is 7.20. The van der Waals surface area contributed by atoms with E-state index in [2.05, 4.69) is 26.1 Å². The normalized spacial score (nSPS) is 14.1. The van der Waals surface area contributed by atoms with Crippen LogP contribution in [0.5, 0.6) is 5.75 Å². The number of urea groups is 1. The molecule has 9 nitrogen and oxygen atoms in total. The highest BCUT2D eigenvalue weighted by atomic mass is 16.5. The number of hydrogen-bond acceptors (Lipinski definition) is 5. The molecule has 2 heterocycles. The third-order valence-corrected chi connectivity index (χ3v) is 3.93. The molecule has 0 saturated carbocycles. The van der Waals surface area contributed by atoms with Crippen LogP contribution < -0.4 is 20.7 Å². The maximum atomic E-state index is 12.1. The third kappa shape index (κ3) is 3.87. The molecule has 0 spiro atoms. The summed E-state index contributed by atoms with van der Waals surface area (Å²) in [6.07, 6.45) is 1.63. The van der Waals surface area contributed by atoms with Crippen molar-refractivity contribution in [3.8, 4) is 5.75 Å². The van der Waals surface area contributed by atoms with E-state index in [-0.39, 0.29) is 24.6 Å². The fourth-order valence-corrected chi connectivity index (χ4v) is 2.54. The number of ether oxygens (including phenoxy) is 1. The molecule has 132 valence electrons. The number of benzene rings is 1. The Labute approximate surface area is 144 Å². The zero-order valence-corrected chi connectivity index (χ0v) is 14.1. The zero-order valence-electron chi connectivity index (χ0n) is 14.1. The Balaban J connectivity index is 1.58. The summed E-state index contributed by atoms with van der Waals surface area (Å²) in [5.74, 6) is 1.13. The minimum absolute atomic E-state index is 0.0188. The number of hydrogen-bond donors (Lipinski definition) is 3. The standard InChI is InChI=1S/C16H20N6O3/c1-3-22-9-18-21-14(22)7-17-16(24)19-10(2)11-4-5-13-12(6-11)20-15(23)8-25-13/h4-6,9-10H,3,7-8H2,1-2H3,(H,20,23)(H2,17,19,24)/t10-/m1/s1. The number of nitrogens with zero attached hydrogens (tertiary/aromatic N) is 3. The zero-order chi connectivity index (χ0) is 17.8. The summed E-state index contributed by atoms with van der Waals surface area (Å²) in [4.78, 5) is 23.5. The minimum atomic E-state index is -0.309. The molecular formula is C16H20N6O3. The van der Waals surface area contributed by atoms with Crippen molar-refractivity contribution in [2.75, 3.05) is 11.9 Å². The van der Waals surface area contributed by atoms with Gasteiger partial charge in [0, 0.05) is 6.54 Å². The molecule has 3 rings (SSSR count). The van der Waals surface area contributed by atoms with Gasteiger partial charge in [0.15, 0.2) is 12.4 Å². The van der Waals surface area contributed by atoms with Crippen molar-refractivity contribution in [1.29, 1.82) is 0 Å². The Hall–Kier alpha value is -3.10. The molecule has 1 aliphatic rings. The van der Waals surface area contributed by atoms with Crippen LogP contribution in [0.4, 0.5) is 10.5 Å². The first kappa shape index (κ1) is 16.7. The molecule has 9 heteroatoms. The van der Waals surface area contributed by atoms with Gasteiger partial charge >= 0.3 is 6.03 Å². The van der Waals surface area contributed by atoms with Crippen molar-refractivity contribution in [2.24, 2.45) is 0 Å². The molecule has 1 atom stereocenters. The van der Waals surface area contributed by atoms with Crippen molar-refractivity contribution in [1.82, 2.24) is 25.4 Å². The van der Waals surface area contributed by atoms with Gasteiger partial charge in [0.2, 0.25) is 0 Å². The van der Waals surface area contributed by atoms with E-state index in [1.54, 1.807) is 18.5 Å². The van der Waals surface area contributed by atoms with Gasteiger partial charge in [-0.05, 0) is 31.5 Å². The number of fused-ring (bicyclic) bond motifs is 1. The first-order valence-electron chi connectivity index (χ1n) is 8.04. The number of carbonyl (C=O) groups excluding carboxylic acids is 2. The largest absolute Gasteiger partial charge is 0.482 e. The molecule has 1 aromatic heterocycles. The molecule has 3 amide bonds.